The smallest absolute Gasteiger partial charge is 0.216 e. The number of carbonyl (C=O) groups excluding carboxylic acids is 1. The number of hydrogen-bond donors (Lipinski definition) is 0. The van der Waals surface area contributed by atoms with E-state index in [0.717, 1.165) is 0 Å². The molecule has 0 aliphatic carbocycles. The summed E-state index contributed by atoms with van der Waals surface area (Å²) >= 11 is 1.34. The summed E-state index contributed by atoms with van der Waals surface area (Å²) in [6.07, 6.45) is 1.61. The lowest BCUT2D eigenvalue weighted by molar-refractivity contribution is 0.0783. The third-order valence-corrected chi connectivity index (χ3v) is 1.92. The van der Waals surface area contributed by atoms with Crippen molar-refractivity contribution < 1.29 is 9.53 Å². The van der Waals surface area contributed by atoms with E-state index in [4.69, 9.17) is 4.74 Å². The predicted octanol–water partition coefficient (Wildman–Crippen LogP) is 1.36. The van der Waals surface area contributed by atoms with Gasteiger partial charge in [-0.1, -0.05) is 0 Å². The SMILES string of the molecule is CCOCC(=O)c1nccs1. The lowest BCUT2D eigenvalue weighted by Crippen LogP contribution is -2.08. The minimum atomic E-state index is -0.0400. The van der Waals surface area contributed by atoms with Crippen molar-refractivity contribution in [3.05, 3.63) is 16.6 Å². The summed E-state index contributed by atoms with van der Waals surface area (Å²) in [5, 5.41) is 2.30. The zero-order valence-electron chi connectivity index (χ0n) is 6.24. The van der Waals surface area contributed by atoms with Gasteiger partial charge in [-0.3, -0.25) is 4.79 Å². The van der Waals surface area contributed by atoms with Gasteiger partial charge in [-0.05, 0) is 6.92 Å². The number of thiazole rings is 1. The Labute approximate surface area is 69.0 Å². The molecule has 0 amide bonds. The van der Waals surface area contributed by atoms with Gasteiger partial charge in [0, 0.05) is 18.2 Å². The molecule has 0 spiro atoms. The molecule has 0 unspecified atom stereocenters. The third-order valence-electron chi connectivity index (χ3n) is 1.11. The standard InChI is InChI=1S/C7H9NO2S/c1-2-10-5-6(9)7-8-3-4-11-7/h3-4H,2,5H2,1H3. The van der Waals surface area contributed by atoms with Crippen molar-refractivity contribution in [3.8, 4) is 0 Å². The van der Waals surface area contributed by atoms with Gasteiger partial charge in [-0.25, -0.2) is 4.98 Å². The van der Waals surface area contributed by atoms with Crippen LogP contribution in [0, 0.1) is 0 Å². The predicted molar refractivity (Wildman–Crippen MR) is 42.9 cm³/mol. The van der Waals surface area contributed by atoms with Crippen molar-refractivity contribution in [1.29, 1.82) is 0 Å². The maximum atomic E-state index is 11.1. The van der Waals surface area contributed by atoms with Gasteiger partial charge in [0.2, 0.25) is 5.78 Å². The first-order valence-corrected chi connectivity index (χ1v) is 4.23. The zero-order valence-corrected chi connectivity index (χ0v) is 7.06. The molecule has 0 aliphatic heterocycles. The molecule has 0 saturated heterocycles. The number of Topliss-reactive ketones (excluding diaryl/α,β-unsaturated/α-hetero) is 1. The summed E-state index contributed by atoms with van der Waals surface area (Å²) in [7, 11) is 0. The van der Waals surface area contributed by atoms with Gasteiger partial charge < -0.3 is 4.74 Å². The van der Waals surface area contributed by atoms with Crippen LogP contribution in [-0.4, -0.2) is 24.0 Å². The van der Waals surface area contributed by atoms with E-state index in [1.165, 1.54) is 11.3 Å². The van der Waals surface area contributed by atoms with Gasteiger partial charge in [0.1, 0.15) is 6.61 Å². The molecule has 0 atom stereocenters. The molecule has 1 aromatic rings. The van der Waals surface area contributed by atoms with Gasteiger partial charge >= 0.3 is 0 Å². The third kappa shape index (κ3) is 2.40. The molecule has 11 heavy (non-hydrogen) atoms. The lowest BCUT2D eigenvalue weighted by atomic mass is 10.4. The number of ether oxygens (including phenoxy) is 1. The zero-order chi connectivity index (χ0) is 8.10. The number of hydrogen-bond acceptors (Lipinski definition) is 4. The molecule has 1 aromatic heterocycles. The van der Waals surface area contributed by atoms with E-state index in [-0.39, 0.29) is 12.4 Å². The number of ketones is 1. The highest BCUT2D eigenvalue weighted by Crippen LogP contribution is 2.04. The monoisotopic (exact) mass is 171 g/mol. The maximum absolute atomic E-state index is 11.1. The Morgan fingerprint density at radius 3 is 3.18 bits per heavy atom. The van der Waals surface area contributed by atoms with Crippen LogP contribution in [-0.2, 0) is 4.74 Å². The number of aromatic nitrogens is 1. The van der Waals surface area contributed by atoms with Gasteiger partial charge in [-0.15, -0.1) is 11.3 Å². The van der Waals surface area contributed by atoms with E-state index in [0.29, 0.717) is 11.6 Å². The van der Waals surface area contributed by atoms with E-state index in [2.05, 4.69) is 4.98 Å². The largest absolute Gasteiger partial charge is 0.373 e. The summed E-state index contributed by atoms with van der Waals surface area (Å²) in [5.41, 5.74) is 0. The fourth-order valence-corrected chi connectivity index (χ4v) is 1.18. The van der Waals surface area contributed by atoms with Crippen molar-refractivity contribution in [2.45, 2.75) is 6.92 Å². The van der Waals surface area contributed by atoms with E-state index < -0.39 is 0 Å². The molecule has 0 aromatic carbocycles. The Morgan fingerprint density at radius 1 is 1.82 bits per heavy atom. The summed E-state index contributed by atoms with van der Waals surface area (Å²) in [5.74, 6) is -0.0400. The molecule has 0 saturated carbocycles. The average molecular weight is 171 g/mol. The summed E-state index contributed by atoms with van der Waals surface area (Å²) in [6, 6.07) is 0. The summed E-state index contributed by atoms with van der Waals surface area (Å²) < 4.78 is 4.94. The van der Waals surface area contributed by atoms with Crippen LogP contribution in [0.4, 0.5) is 0 Å². The van der Waals surface area contributed by atoms with Crippen LogP contribution < -0.4 is 0 Å². The van der Waals surface area contributed by atoms with Crippen molar-refractivity contribution >= 4 is 17.1 Å². The Morgan fingerprint density at radius 2 is 2.64 bits per heavy atom. The minimum absolute atomic E-state index is 0.0400. The van der Waals surface area contributed by atoms with Crippen LogP contribution in [0.2, 0.25) is 0 Å². The molecule has 60 valence electrons. The highest BCUT2D eigenvalue weighted by molar-refractivity contribution is 7.11. The highest BCUT2D eigenvalue weighted by atomic mass is 32.1. The first kappa shape index (κ1) is 8.36. The van der Waals surface area contributed by atoms with Crippen LogP contribution in [0.5, 0.6) is 0 Å². The minimum Gasteiger partial charge on any atom is -0.373 e. The van der Waals surface area contributed by atoms with Crippen molar-refractivity contribution in [2.75, 3.05) is 13.2 Å². The Kier molecular flexibility index (Phi) is 3.19. The number of rotatable bonds is 4. The van der Waals surface area contributed by atoms with E-state index >= 15 is 0 Å². The molecular weight excluding hydrogens is 162 g/mol. The van der Waals surface area contributed by atoms with Crippen molar-refractivity contribution in [3.63, 3.8) is 0 Å². The second-order valence-electron chi connectivity index (χ2n) is 1.90. The van der Waals surface area contributed by atoms with E-state index in [9.17, 15) is 4.79 Å². The number of nitrogens with zero attached hydrogens (tertiary/aromatic N) is 1. The fraction of sp³-hybridized carbons (Fsp3) is 0.429. The Bertz CT molecular complexity index is 220. The fourth-order valence-electron chi connectivity index (χ4n) is 0.618. The molecule has 3 nitrogen and oxygen atoms in total. The van der Waals surface area contributed by atoms with Crippen LogP contribution >= 0.6 is 11.3 Å². The Balaban J connectivity index is 2.43. The van der Waals surface area contributed by atoms with Crippen LogP contribution in [0.3, 0.4) is 0 Å². The lowest BCUT2D eigenvalue weighted by Gasteiger charge is -1.95. The van der Waals surface area contributed by atoms with E-state index in [1.807, 2.05) is 6.92 Å². The summed E-state index contributed by atoms with van der Waals surface area (Å²) in [6.45, 7) is 2.57. The molecule has 0 radical (unpaired) electrons. The first-order chi connectivity index (χ1) is 5.34. The second kappa shape index (κ2) is 4.20. The molecule has 1 heterocycles. The molecule has 0 fully saturated rings. The van der Waals surface area contributed by atoms with Crippen molar-refractivity contribution in [1.82, 2.24) is 4.98 Å². The molecule has 0 aliphatic rings. The molecule has 0 bridgehead atoms. The second-order valence-corrected chi connectivity index (χ2v) is 2.79. The topological polar surface area (TPSA) is 39.2 Å². The quantitative estimate of drug-likeness (QED) is 0.642. The van der Waals surface area contributed by atoms with Gasteiger partial charge in [-0.2, -0.15) is 0 Å². The van der Waals surface area contributed by atoms with E-state index in [1.54, 1.807) is 11.6 Å². The summed E-state index contributed by atoms with van der Waals surface area (Å²) in [4.78, 5) is 14.9. The molecule has 0 N–H and O–H groups in total. The average Bonchev–Trinajstić information content (AvgIpc) is 2.52. The van der Waals surface area contributed by atoms with Crippen LogP contribution in [0.1, 0.15) is 16.7 Å². The number of carbonyl (C=O) groups is 1. The van der Waals surface area contributed by atoms with Gasteiger partial charge in [0.25, 0.3) is 0 Å². The Hall–Kier alpha value is -0.740. The van der Waals surface area contributed by atoms with Gasteiger partial charge in [0.15, 0.2) is 5.01 Å². The maximum Gasteiger partial charge on any atom is 0.216 e. The molecule has 4 heteroatoms. The molecular formula is C7H9NO2S. The highest BCUT2D eigenvalue weighted by Gasteiger charge is 2.06. The van der Waals surface area contributed by atoms with Crippen LogP contribution in [0.25, 0.3) is 0 Å². The normalized spacial score (nSPS) is 9.91. The first-order valence-electron chi connectivity index (χ1n) is 3.35. The molecule has 1 rings (SSSR count). The van der Waals surface area contributed by atoms with Crippen molar-refractivity contribution in [2.24, 2.45) is 0 Å². The van der Waals surface area contributed by atoms with Gasteiger partial charge in [0.05, 0.1) is 0 Å². The van der Waals surface area contributed by atoms with Crippen LogP contribution in [0.15, 0.2) is 11.6 Å².